The van der Waals surface area contributed by atoms with E-state index in [-0.39, 0.29) is 5.95 Å². The van der Waals surface area contributed by atoms with Crippen molar-refractivity contribution < 1.29 is 0 Å². The van der Waals surface area contributed by atoms with Gasteiger partial charge in [-0.1, -0.05) is 18.2 Å². The number of nitrogens with zero attached hydrogens (tertiary/aromatic N) is 4. The van der Waals surface area contributed by atoms with Gasteiger partial charge in [0.2, 0.25) is 5.95 Å². The molecule has 0 radical (unpaired) electrons. The van der Waals surface area contributed by atoms with E-state index >= 15 is 0 Å². The van der Waals surface area contributed by atoms with Gasteiger partial charge in [-0.3, -0.25) is 4.90 Å². The third-order valence-corrected chi connectivity index (χ3v) is 3.80. The van der Waals surface area contributed by atoms with E-state index < -0.39 is 0 Å². The number of nitrogens with two attached hydrogens (primary N) is 2. The molecule has 1 aliphatic heterocycles. The van der Waals surface area contributed by atoms with Crippen LogP contribution in [0.2, 0.25) is 0 Å². The summed E-state index contributed by atoms with van der Waals surface area (Å²) in [4.78, 5) is 12.8. The topological polar surface area (TPSA) is 84.3 Å². The number of benzene rings is 1. The molecule has 1 aromatic heterocycles. The van der Waals surface area contributed by atoms with Crippen molar-refractivity contribution >= 4 is 17.5 Å². The molecule has 110 valence electrons. The zero-order valence-electron chi connectivity index (χ0n) is 11.9. The van der Waals surface area contributed by atoms with Gasteiger partial charge in [0.1, 0.15) is 5.82 Å². The number of rotatable bonds is 3. The van der Waals surface area contributed by atoms with Crippen molar-refractivity contribution in [3.63, 3.8) is 0 Å². The maximum Gasteiger partial charge on any atom is 0.221 e. The van der Waals surface area contributed by atoms with Crippen LogP contribution in [-0.2, 0) is 6.54 Å². The molecule has 6 nitrogen and oxygen atoms in total. The van der Waals surface area contributed by atoms with E-state index in [2.05, 4.69) is 44.0 Å². The van der Waals surface area contributed by atoms with E-state index in [1.54, 1.807) is 6.20 Å². The molecule has 1 fully saturated rings. The minimum Gasteiger partial charge on any atom is -0.383 e. The monoisotopic (exact) mass is 284 g/mol. The fourth-order valence-electron chi connectivity index (χ4n) is 2.60. The van der Waals surface area contributed by atoms with Gasteiger partial charge >= 0.3 is 0 Å². The highest BCUT2D eigenvalue weighted by atomic mass is 15.3. The lowest BCUT2D eigenvalue weighted by molar-refractivity contribution is 0.250. The molecule has 1 aromatic carbocycles. The average Bonchev–Trinajstić information content (AvgIpc) is 2.52. The van der Waals surface area contributed by atoms with Crippen LogP contribution in [-0.4, -0.2) is 41.0 Å². The molecule has 21 heavy (non-hydrogen) atoms. The Balaban J connectivity index is 1.59. The summed E-state index contributed by atoms with van der Waals surface area (Å²) in [7, 11) is 0. The van der Waals surface area contributed by atoms with Crippen molar-refractivity contribution in [2.24, 2.45) is 0 Å². The average molecular weight is 284 g/mol. The second-order valence-corrected chi connectivity index (χ2v) is 5.24. The summed E-state index contributed by atoms with van der Waals surface area (Å²) in [5, 5.41) is 0. The van der Waals surface area contributed by atoms with Crippen LogP contribution in [0.3, 0.4) is 0 Å². The lowest BCUT2D eigenvalue weighted by atomic mass is 10.2. The Bertz CT molecular complexity index is 592. The summed E-state index contributed by atoms with van der Waals surface area (Å²) < 4.78 is 0. The number of hydrogen-bond donors (Lipinski definition) is 2. The summed E-state index contributed by atoms with van der Waals surface area (Å²) in [5.74, 6) is 0.707. The lowest BCUT2D eigenvalue weighted by Gasteiger charge is -2.36. The molecular formula is C15H20N6. The first kappa shape index (κ1) is 13.6. The SMILES string of the molecule is Nc1ncc(CN2CCN(c3ccccc3)CC2)c(N)n1. The van der Waals surface area contributed by atoms with E-state index in [1.807, 2.05) is 6.07 Å². The lowest BCUT2D eigenvalue weighted by Crippen LogP contribution is -2.46. The first-order valence-electron chi connectivity index (χ1n) is 7.11. The van der Waals surface area contributed by atoms with Crippen molar-refractivity contribution in [2.45, 2.75) is 6.54 Å². The van der Waals surface area contributed by atoms with Gasteiger partial charge in [-0.05, 0) is 12.1 Å². The normalized spacial score (nSPS) is 16.1. The summed E-state index contributed by atoms with van der Waals surface area (Å²) in [6.07, 6.45) is 1.72. The predicted octanol–water partition coefficient (Wildman–Crippen LogP) is 0.963. The fraction of sp³-hybridized carbons (Fsp3) is 0.333. The molecule has 0 aliphatic carbocycles. The smallest absolute Gasteiger partial charge is 0.221 e. The van der Waals surface area contributed by atoms with Gasteiger partial charge in [-0.25, -0.2) is 4.98 Å². The molecule has 6 heteroatoms. The number of para-hydroxylation sites is 1. The van der Waals surface area contributed by atoms with Gasteiger partial charge in [-0.15, -0.1) is 0 Å². The van der Waals surface area contributed by atoms with Crippen LogP contribution in [0.5, 0.6) is 0 Å². The van der Waals surface area contributed by atoms with Gasteiger partial charge < -0.3 is 16.4 Å². The van der Waals surface area contributed by atoms with Crippen molar-refractivity contribution in [3.05, 3.63) is 42.1 Å². The van der Waals surface area contributed by atoms with Crippen molar-refractivity contribution in [1.29, 1.82) is 0 Å². The van der Waals surface area contributed by atoms with Crippen LogP contribution < -0.4 is 16.4 Å². The zero-order chi connectivity index (χ0) is 14.7. The van der Waals surface area contributed by atoms with Crippen LogP contribution in [0.4, 0.5) is 17.5 Å². The highest BCUT2D eigenvalue weighted by Gasteiger charge is 2.18. The van der Waals surface area contributed by atoms with Gasteiger partial charge in [0.25, 0.3) is 0 Å². The first-order chi connectivity index (χ1) is 10.2. The maximum absolute atomic E-state index is 5.89. The molecule has 1 aliphatic rings. The molecule has 2 heterocycles. The minimum absolute atomic E-state index is 0.227. The number of anilines is 3. The third kappa shape index (κ3) is 3.22. The van der Waals surface area contributed by atoms with E-state index in [0.29, 0.717) is 5.82 Å². The van der Waals surface area contributed by atoms with Crippen LogP contribution in [0, 0.1) is 0 Å². The van der Waals surface area contributed by atoms with Crippen LogP contribution in [0.25, 0.3) is 0 Å². The molecular weight excluding hydrogens is 264 g/mol. The van der Waals surface area contributed by atoms with Crippen LogP contribution >= 0.6 is 0 Å². The number of aromatic nitrogens is 2. The van der Waals surface area contributed by atoms with Gasteiger partial charge in [0.15, 0.2) is 0 Å². The minimum atomic E-state index is 0.227. The molecule has 1 saturated heterocycles. The first-order valence-corrected chi connectivity index (χ1v) is 7.11. The summed E-state index contributed by atoms with van der Waals surface area (Å²) in [6, 6.07) is 10.5. The largest absolute Gasteiger partial charge is 0.383 e. The maximum atomic E-state index is 5.89. The second-order valence-electron chi connectivity index (χ2n) is 5.24. The van der Waals surface area contributed by atoms with Crippen LogP contribution in [0.1, 0.15) is 5.56 Å². The summed E-state index contributed by atoms with van der Waals surface area (Å²) in [5.41, 5.74) is 13.6. The Morgan fingerprint density at radius 3 is 2.38 bits per heavy atom. The molecule has 0 atom stereocenters. The number of piperazine rings is 1. The quantitative estimate of drug-likeness (QED) is 0.873. The van der Waals surface area contributed by atoms with Gasteiger partial charge in [0.05, 0.1) is 0 Å². The second kappa shape index (κ2) is 5.97. The highest BCUT2D eigenvalue weighted by Crippen LogP contribution is 2.18. The molecule has 0 bridgehead atoms. The van der Waals surface area contributed by atoms with Gasteiger partial charge in [-0.2, -0.15) is 4.98 Å². The fourth-order valence-corrected chi connectivity index (χ4v) is 2.60. The molecule has 0 amide bonds. The molecule has 0 spiro atoms. The standard InChI is InChI=1S/C15H20N6/c16-14-12(10-18-15(17)19-14)11-20-6-8-21(9-7-20)13-4-2-1-3-5-13/h1-5,10H,6-9,11H2,(H4,16,17,18,19). The number of nitrogen functional groups attached to an aromatic ring is 2. The zero-order valence-corrected chi connectivity index (χ0v) is 11.9. The van der Waals surface area contributed by atoms with Gasteiger partial charge in [0, 0.05) is 50.2 Å². The summed E-state index contributed by atoms with van der Waals surface area (Å²) in [6.45, 7) is 4.80. The molecule has 0 saturated carbocycles. The Hall–Kier alpha value is -2.34. The Morgan fingerprint density at radius 1 is 1.00 bits per heavy atom. The van der Waals surface area contributed by atoms with Crippen molar-refractivity contribution in [3.8, 4) is 0 Å². The van der Waals surface area contributed by atoms with E-state index in [1.165, 1.54) is 5.69 Å². The molecule has 0 unspecified atom stereocenters. The molecule has 3 rings (SSSR count). The third-order valence-electron chi connectivity index (χ3n) is 3.80. The summed E-state index contributed by atoms with van der Waals surface area (Å²) >= 11 is 0. The molecule has 2 aromatic rings. The number of hydrogen-bond acceptors (Lipinski definition) is 6. The molecule has 4 N–H and O–H groups in total. The van der Waals surface area contributed by atoms with E-state index in [4.69, 9.17) is 11.5 Å². The predicted molar refractivity (Wildman–Crippen MR) is 84.8 cm³/mol. The van der Waals surface area contributed by atoms with Crippen molar-refractivity contribution in [2.75, 3.05) is 42.5 Å². The Labute approximate surface area is 124 Å². The van der Waals surface area contributed by atoms with E-state index in [9.17, 15) is 0 Å². The Kier molecular flexibility index (Phi) is 3.87. The highest BCUT2D eigenvalue weighted by molar-refractivity contribution is 5.46. The Morgan fingerprint density at radius 2 is 1.71 bits per heavy atom. The van der Waals surface area contributed by atoms with Crippen molar-refractivity contribution in [1.82, 2.24) is 14.9 Å². The van der Waals surface area contributed by atoms with Crippen LogP contribution in [0.15, 0.2) is 36.5 Å². The van der Waals surface area contributed by atoms with E-state index in [0.717, 1.165) is 38.3 Å².